The molecular formula is C19H21F2N3O7S. The Morgan fingerprint density at radius 1 is 1.38 bits per heavy atom. The van der Waals surface area contributed by atoms with Gasteiger partial charge in [0.2, 0.25) is 0 Å². The number of nitro benzene ring substituents is 1. The minimum absolute atomic E-state index is 0.0145. The molecule has 0 unspecified atom stereocenters. The standard InChI is InChI=1S/C19H21F2N3O7S/c1-17(2,3)23(16(25)26)15-22-18(9-29-5-4-10(18)8-32-15)12-6-11(24(27)28)7-13-14(12)31-19(20,21)30-13/h6-7,10H,4-5,8-9H2,1-3H3,(H,25,26)/t10-,18-/m0/s1. The highest BCUT2D eigenvalue weighted by molar-refractivity contribution is 8.13. The number of carboxylic acid groups (broad SMARTS) is 1. The van der Waals surface area contributed by atoms with Crippen molar-refractivity contribution in [3.8, 4) is 11.5 Å². The number of amidine groups is 1. The number of alkyl halides is 2. The fourth-order valence-corrected chi connectivity index (χ4v) is 5.63. The summed E-state index contributed by atoms with van der Waals surface area (Å²) in [5.41, 5.74) is -2.67. The van der Waals surface area contributed by atoms with Crippen LogP contribution in [0.3, 0.4) is 0 Å². The zero-order chi connectivity index (χ0) is 23.5. The van der Waals surface area contributed by atoms with Gasteiger partial charge in [-0.2, -0.15) is 0 Å². The minimum Gasteiger partial charge on any atom is -0.465 e. The third-order valence-electron chi connectivity index (χ3n) is 5.54. The molecule has 4 rings (SSSR count). The largest absolute Gasteiger partial charge is 0.586 e. The molecule has 0 aromatic heterocycles. The molecule has 3 aliphatic heterocycles. The number of nitrogens with zero attached hydrogens (tertiary/aromatic N) is 3. The van der Waals surface area contributed by atoms with Crippen LogP contribution in [0.15, 0.2) is 17.1 Å². The third-order valence-corrected chi connectivity index (χ3v) is 6.64. The quantitative estimate of drug-likeness (QED) is 0.504. The molecule has 0 radical (unpaired) electrons. The Kier molecular flexibility index (Phi) is 5.24. The molecular weight excluding hydrogens is 452 g/mol. The van der Waals surface area contributed by atoms with E-state index in [9.17, 15) is 28.8 Å². The van der Waals surface area contributed by atoms with Crippen molar-refractivity contribution in [3.63, 3.8) is 0 Å². The number of nitro groups is 1. The maximum absolute atomic E-state index is 13.9. The van der Waals surface area contributed by atoms with Crippen LogP contribution in [0.4, 0.5) is 19.3 Å². The summed E-state index contributed by atoms with van der Waals surface area (Å²) >= 11 is 1.23. The van der Waals surface area contributed by atoms with E-state index < -0.39 is 39.8 Å². The fourth-order valence-electron chi connectivity index (χ4n) is 4.12. The number of halogens is 2. The molecule has 1 aromatic rings. The van der Waals surface area contributed by atoms with Gasteiger partial charge in [0.25, 0.3) is 5.69 Å². The van der Waals surface area contributed by atoms with Crippen molar-refractivity contribution in [2.75, 3.05) is 19.0 Å². The van der Waals surface area contributed by atoms with Crippen LogP contribution >= 0.6 is 11.8 Å². The number of non-ortho nitro benzene ring substituents is 1. The maximum Gasteiger partial charge on any atom is 0.586 e. The first kappa shape index (κ1) is 22.5. The summed E-state index contributed by atoms with van der Waals surface area (Å²) in [7, 11) is 0. The van der Waals surface area contributed by atoms with Crippen LogP contribution in [-0.2, 0) is 10.3 Å². The highest BCUT2D eigenvalue weighted by atomic mass is 32.2. The Morgan fingerprint density at radius 2 is 2.09 bits per heavy atom. The van der Waals surface area contributed by atoms with Crippen molar-refractivity contribution in [1.82, 2.24) is 4.90 Å². The van der Waals surface area contributed by atoms with Gasteiger partial charge in [-0.05, 0) is 27.2 Å². The second-order valence-corrected chi connectivity index (χ2v) is 9.69. The first-order valence-electron chi connectivity index (χ1n) is 9.76. The van der Waals surface area contributed by atoms with Gasteiger partial charge in [0, 0.05) is 35.4 Å². The number of rotatable bonds is 2. The molecule has 3 aliphatic rings. The Labute approximate surface area is 185 Å². The average molecular weight is 473 g/mol. The molecule has 32 heavy (non-hydrogen) atoms. The Morgan fingerprint density at radius 3 is 2.72 bits per heavy atom. The average Bonchev–Trinajstić information content (AvgIpc) is 2.99. The highest BCUT2D eigenvalue weighted by Gasteiger charge is 2.54. The van der Waals surface area contributed by atoms with Crippen LogP contribution in [0.5, 0.6) is 11.5 Å². The zero-order valence-electron chi connectivity index (χ0n) is 17.5. The number of hydrogen-bond donors (Lipinski definition) is 1. The highest BCUT2D eigenvalue weighted by Crippen LogP contribution is 2.55. The van der Waals surface area contributed by atoms with Gasteiger partial charge >= 0.3 is 12.4 Å². The predicted molar refractivity (Wildman–Crippen MR) is 109 cm³/mol. The number of benzene rings is 1. The van der Waals surface area contributed by atoms with E-state index in [2.05, 4.69) is 4.74 Å². The minimum atomic E-state index is -4.00. The van der Waals surface area contributed by atoms with Crippen molar-refractivity contribution in [1.29, 1.82) is 0 Å². The number of amides is 1. The predicted octanol–water partition coefficient (Wildman–Crippen LogP) is 4.03. The van der Waals surface area contributed by atoms with Gasteiger partial charge in [0.15, 0.2) is 16.7 Å². The summed E-state index contributed by atoms with van der Waals surface area (Å²) < 4.78 is 42.7. The van der Waals surface area contributed by atoms with E-state index in [1.807, 2.05) is 0 Å². The third kappa shape index (κ3) is 3.72. The number of ether oxygens (including phenoxy) is 3. The summed E-state index contributed by atoms with van der Waals surface area (Å²) in [4.78, 5) is 28.6. The molecule has 1 saturated heterocycles. The van der Waals surface area contributed by atoms with Gasteiger partial charge in [0.1, 0.15) is 5.54 Å². The summed E-state index contributed by atoms with van der Waals surface area (Å²) in [5.74, 6) is -0.677. The molecule has 1 aromatic carbocycles. The van der Waals surface area contributed by atoms with E-state index in [-0.39, 0.29) is 29.0 Å². The molecule has 0 bridgehead atoms. The topological polar surface area (TPSA) is 124 Å². The molecule has 1 N–H and O–H groups in total. The summed E-state index contributed by atoms with van der Waals surface area (Å²) in [6, 6.07) is 2.00. The van der Waals surface area contributed by atoms with Crippen LogP contribution in [0.1, 0.15) is 32.8 Å². The fraction of sp³-hybridized carbons (Fsp3) is 0.579. The van der Waals surface area contributed by atoms with Crippen LogP contribution in [0, 0.1) is 16.0 Å². The van der Waals surface area contributed by atoms with Gasteiger partial charge in [-0.15, -0.1) is 8.78 Å². The molecule has 0 spiro atoms. The van der Waals surface area contributed by atoms with E-state index in [1.165, 1.54) is 11.8 Å². The maximum atomic E-state index is 13.9. The molecule has 1 fully saturated rings. The Hall–Kier alpha value is -2.67. The number of fused-ring (bicyclic) bond motifs is 2. The van der Waals surface area contributed by atoms with E-state index in [0.29, 0.717) is 18.8 Å². The molecule has 174 valence electrons. The van der Waals surface area contributed by atoms with Crippen LogP contribution < -0.4 is 9.47 Å². The molecule has 0 aliphatic carbocycles. The lowest BCUT2D eigenvalue weighted by molar-refractivity contribution is -0.385. The van der Waals surface area contributed by atoms with Crippen LogP contribution in [0.2, 0.25) is 0 Å². The summed E-state index contributed by atoms with van der Waals surface area (Å²) in [5, 5.41) is 21.5. The SMILES string of the molecule is CC(C)(C)N(C(=O)O)C1=N[C@@]2(c3cc([N+](=O)[O-])cc4c3OC(F)(F)O4)COCC[C@H]2CS1. The molecule has 1 amide bonds. The van der Waals surface area contributed by atoms with Crippen molar-refractivity contribution in [2.45, 2.75) is 44.6 Å². The van der Waals surface area contributed by atoms with E-state index in [4.69, 9.17) is 14.5 Å². The van der Waals surface area contributed by atoms with Crippen molar-refractivity contribution in [2.24, 2.45) is 10.9 Å². The second-order valence-electron chi connectivity index (χ2n) is 8.70. The molecule has 0 saturated carbocycles. The van der Waals surface area contributed by atoms with Crippen molar-refractivity contribution in [3.05, 3.63) is 27.8 Å². The van der Waals surface area contributed by atoms with Crippen molar-refractivity contribution >= 4 is 28.7 Å². The van der Waals surface area contributed by atoms with Gasteiger partial charge in [-0.3, -0.25) is 15.0 Å². The van der Waals surface area contributed by atoms with Gasteiger partial charge in [-0.25, -0.2) is 9.79 Å². The lowest BCUT2D eigenvalue weighted by Crippen LogP contribution is -2.53. The first-order valence-corrected chi connectivity index (χ1v) is 10.7. The van der Waals surface area contributed by atoms with Gasteiger partial charge < -0.3 is 19.3 Å². The van der Waals surface area contributed by atoms with Gasteiger partial charge in [-0.1, -0.05) is 11.8 Å². The first-order chi connectivity index (χ1) is 14.8. The molecule has 3 heterocycles. The Balaban J connectivity index is 1.95. The lowest BCUT2D eigenvalue weighted by Gasteiger charge is -2.46. The molecule has 2 atom stereocenters. The number of carbonyl (C=O) groups is 1. The lowest BCUT2D eigenvalue weighted by atomic mass is 9.76. The smallest absolute Gasteiger partial charge is 0.465 e. The summed E-state index contributed by atoms with van der Waals surface area (Å²) in [6.45, 7) is 5.40. The zero-order valence-corrected chi connectivity index (χ0v) is 18.3. The molecule has 13 heteroatoms. The summed E-state index contributed by atoms with van der Waals surface area (Å²) in [6.07, 6.45) is -4.73. The van der Waals surface area contributed by atoms with E-state index in [0.717, 1.165) is 17.0 Å². The number of thioether (sulfide) groups is 1. The number of aliphatic imine (C=N–C) groups is 1. The van der Waals surface area contributed by atoms with E-state index in [1.54, 1.807) is 20.8 Å². The van der Waals surface area contributed by atoms with E-state index >= 15 is 0 Å². The monoisotopic (exact) mass is 473 g/mol. The van der Waals surface area contributed by atoms with Crippen molar-refractivity contribution < 1.29 is 37.8 Å². The normalized spacial score (nSPS) is 26.2. The van der Waals surface area contributed by atoms with Crippen LogP contribution in [-0.4, -0.2) is 57.0 Å². The molecule has 10 nitrogen and oxygen atoms in total. The van der Waals surface area contributed by atoms with Gasteiger partial charge in [0.05, 0.1) is 17.6 Å². The number of hydrogen-bond acceptors (Lipinski definition) is 8. The Bertz CT molecular complexity index is 1010. The second kappa shape index (κ2) is 7.44. The van der Waals surface area contributed by atoms with Crippen LogP contribution in [0.25, 0.3) is 0 Å².